The summed E-state index contributed by atoms with van der Waals surface area (Å²) in [4.78, 5) is 24.3. The van der Waals surface area contributed by atoms with Gasteiger partial charge in [-0.3, -0.25) is 14.8 Å². The maximum atomic E-state index is 13.4. The summed E-state index contributed by atoms with van der Waals surface area (Å²) < 4.78 is 40.1. The van der Waals surface area contributed by atoms with Crippen molar-refractivity contribution in [2.45, 2.75) is 32.0 Å². The third-order valence-corrected chi connectivity index (χ3v) is 5.06. The number of hydrogen-bond donors (Lipinski definition) is 1. The minimum absolute atomic E-state index is 0.0187. The number of nitrogens with one attached hydrogen (secondary N) is 1. The predicted molar refractivity (Wildman–Crippen MR) is 106 cm³/mol. The van der Waals surface area contributed by atoms with Gasteiger partial charge in [-0.2, -0.15) is 13.2 Å². The molecular weight excluding hydrogens is 383 g/mol. The van der Waals surface area contributed by atoms with Gasteiger partial charge in [0.15, 0.2) is 0 Å². The molecule has 1 saturated heterocycles. The number of halogens is 3. The maximum absolute atomic E-state index is 13.4. The van der Waals surface area contributed by atoms with Crippen molar-refractivity contribution in [2.75, 3.05) is 38.6 Å². The van der Waals surface area contributed by atoms with Gasteiger partial charge in [0, 0.05) is 44.5 Å². The molecule has 1 fully saturated rings. The van der Waals surface area contributed by atoms with E-state index in [4.69, 9.17) is 0 Å². The van der Waals surface area contributed by atoms with Gasteiger partial charge in [-0.05, 0) is 38.6 Å². The number of aromatic nitrogens is 2. The molecule has 0 unspecified atom stereocenters. The molecule has 9 heteroatoms. The minimum Gasteiger partial charge on any atom is -0.367 e. The summed E-state index contributed by atoms with van der Waals surface area (Å²) in [6.45, 7) is 3.94. The lowest BCUT2D eigenvalue weighted by Gasteiger charge is -2.38. The van der Waals surface area contributed by atoms with Crippen LogP contribution in [0.15, 0.2) is 24.5 Å². The van der Waals surface area contributed by atoms with Crippen molar-refractivity contribution in [1.82, 2.24) is 20.2 Å². The molecule has 6 nitrogen and oxygen atoms in total. The predicted octanol–water partition coefficient (Wildman–Crippen LogP) is 2.93. The molecule has 1 aromatic heterocycles. The molecule has 1 aromatic carbocycles. The summed E-state index contributed by atoms with van der Waals surface area (Å²) in [6.07, 6.45) is -0.584. The maximum Gasteiger partial charge on any atom is 0.418 e. The fraction of sp³-hybridized carbons (Fsp3) is 0.550. The number of carbonyl (C=O) groups excluding carboxylic acids is 1. The van der Waals surface area contributed by atoms with Gasteiger partial charge in [0.25, 0.3) is 0 Å². The third-order valence-electron chi connectivity index (χ3n) is 5.06. The van der Waals surface area contributed by atoms with Crippen LogP contribution in [0.2, 0.25) is 0 Å². The molecule has 2 heterocycles. The Morgan fingerprint density at radius 3 is 2.55 bits per heavy atom. The zero-order valence-electron chi connectivity index (χ0n) is 16.8. The summed E-state index contributed by atoms with van der Waals surface area (Å²) in [7, 11) is 3.82. The molecule has 0 saturated carbocycles. The van der Waals surface area contributed by atoms with Crippen LogP contribution >= 0.6 is 0 Å². The van der Waals surface area contributed by atoms with Gasteiger partial charge in [-0.1, -0.05) is 6.92 Å². The normalized spacial score (nSPS) is 20.3. The van der Waals surface area contributed by atoms with Crippen LogP contribution < -0.4 is 10.2 Å². The smallest absolute Gasteiger partial charge is 0.367 e. The number of amides is 1. The topological polar surface area (TPSA) is 61.4 Å². The zero-order chi connectivity index (χ0) is 21.2. The highest BCUT2D eigenvalue weighted by Gasteiger charge is 2.35. The Morgan fingerprint density at radius 1 is 1.21 bits per heavy atom. The Kier molecular flexibility index (Phi) is 6.26. The van der Waals surface area contributed by atoms with E-state index >= 15 is 0 Å². The molecule has 3 rings (SSSR count). The molecule has 29 heavy (non-hydrogen) atoms. The third kappa shape index (κ3) is 5.14. The first kappa shape index (κ1) is 21.3. The second-order valence-corrected chi connectivity index (χ2v) is 7.95. The van der Waals surface area contributed by atoms with E-state index in [0.29, 0.717) is 31.7 Å². The van der Waals surface area contributed by atoms with E-state index in [9.17, 15) is 18.0 Å². The lowest BCUT2D eigenvalue weighted by Crippen LogP contribution is -2.50. The van der Waals surface area contributed by atoms with E-state index < -0.39 is 11.7 Å². The highest BCUT2D eigenvalue weighted by molar-refractivity contribution is 5.91. The van der Waals surface area contributed by atoms with Gasteiger partial charge in [0.2, 0.25) is 5.91 Å². The molecule has 0 aliphatic carbocycles. The van der Waals surface area contributed by atoms with Crippen LogP contribution in [0.4, 0.5) is 18.9 Å². The summed E-state index contributed by atoms with van der Waals surface area (Å²) in [5, 5.41) is 3.06. The number of fused-ring (bicyclic) bond motifs is 1. The van der Waals surface area contributed by atoms with E-state index in [2.05, 4.69) is 22.2 Å². The molecule has 0 spiro atoms. The molecule has 158 valence electrons. The van der Waals surface area contributed by atoms with Gasteiger partial charge in [-0.25, -0.2) is 0 Å². The number of carbonyl (C=O) groups is 1. The zero-order valence-corrected chi connectivity index (χ0v) is 16.8. The Hall–Kier alpha value is -2.42. The molecule has 1 aliphatic heterocycles. The molecule has 0 bridgehead atoms. The Morgan fingerprint density at radius 2 is 1.90 bits per heavy atom. The first-order valence-electron chi connectivity index (χ1n) is 9.65. The van der Waals surface area contributed by atoms with Crippen LogP contribution in [0.1, 0.15) is 25.3 Å². The molecule has 1 aliphatic rings. The van der Waals surface area contributed by atoms with Gasteiger partial charge >= 0.3 is 6.18 Å². The lowest BCUT2D eigenvalue weighted by atomic mass is 9.94. The highest BCUT2D eigenvalue weighted by Crippen LogP contribution is 2.37. The fourth-order valence-corrected chi connectivity index (χ4v) is 3.80. The standard InChI is InChI=1S/C20H26F3N5O/c1-13-10-14(26-17(29)6-9-27(2)3)12-28(11-13)16-5-4-15(20(21,22)23)18-19(16)25-8-7-24-18/h4-5,7-8,13-14H,6,9-12H2,1-3H3,(H,26,29)/t13-,14+/m0/s1. The van der Waals surface area contributed by atoms with Crippen molar-refractivity contribution >= 4 is 22.6 Å². The number of rotatable bonds is 5. The number of alkyl halides is 3. The van der Waals surface area contributed by atoms with E-state index in [1.807, 2.05) is 23.9 Å². The van der Waals surface area contributed by atoms with Crippen LogP contribution in [-0.2, 0) is 11.0 Å². The van der Waals surface area contributed by atoms with Gasteiger partial charge in [-0.15, -0.1) is 0 Å². The highest BCUT2D eigenvalue weighted by atomic mass is 19.4. The molecule has 2 aromatic rings. The first-order valence-corrected chi connectivity index (χ1v) is 9.65. The monoisotopic (exact) mass is 409 g/mol. The van der Waals surface area contributed by atoms with Gasteiger partial charge in [0.05, 0.1) is 11.3 Å². The number of piperidine rings is 1. The van der Waals surface area contributed by atoms with Crippen LogP contribution in [0.5, 0.6) is 0 Å². The number of benzene rings is 1. The average molecular weight is 409 g/mol. The van der Waals surface area contributed by atoms with Crippen LogP contribution in [-0.4, -0.2) is 60.5 Å². The second kappa shape index (κ2) is 8.52. The first-order chi connectivity index (χ1) is 13.6. The van der Waals surface area contributed by atoms with Crippen molar-refractivity contribution in [3.05, 3.63) is 30.1 Å². The number of anilines is 1. The molecule has 1 amide bonds. The molecular formula is C20H26F3N5O. The summed E-state index contributed by atoms with van der Waals surface area (Å²) in [5.74, 6) is 0.256. The van der Waals surface area contributed by atoms with Crippen molar-refractivity contribution < 1.29 is 18.0 Å². The molecule has 1 N–H and O–H groups in total. The van der Waals surface area contributed by atoms with Crippen LogP contribution in [0.25, 0.3) is 11.0 Å². The minimum atomic E-state index is -4.50. The average Bonchev–Trinajstić information content (AvgIpc) is 2.64. The SMILES string of the molecule is C[C@H]1C[C@@H](NC(=O)CCN(C)C)CN(c2ccc(C(F)(F)F)c3nccnc23)C1. The van der Waals surface area contributed by atoms with Crippen LogP contribution in [0, 0.1) is 5.92 Å². The molecule has 0 radical (unpaired) electrons. The number of nitrogens with zero attached hydrogens (tertiary/aromatic N) is 4. The van der Waals surface area contributed by atoms with E-state index in [1.165, 1.54) is 18.5 Å². The van der Waals surface area contributed by atoms with Crippen molar-refractivity contribution in [1.29, 1.82) is 0 Å². The van der Waals surface area contributed by atoms with Crippen molar-refractivity contribution in [3.8, 4) is 0 Å². The van der Waals surface area contributed by atoms with Gasteiger partial charge < -0.3 is 15.1 Å². The van der Waals surface area contributed by atoms with Crippen molar-refractivity contribution in [2.24, 2.45) is 5.92 Å². The summed E-state index contributed by atoms with van der Waals surface area (Å²) in [5.41, 5.74) is -0.0976. The van der Waals surface area contributed by atoms with Gasteiger partial charge in [0.1, 0.15) is 11.0 Å². The Labute approximate surface area is 168 Å². The summed E-state index contributed by atoms with van der Waals surface area (Å²) >= 11 is 0. The number of hydrogen-bond acceptors (Lipinski definition) is 5. The van der Waals surface area contributed by atoms with Crippen molar-refractivity contribution in [3.63, 3.8) is 0 Å². The molecule has 2 atom stereocenters. The largest absolute Gasteiger partial charge is 0.418 e. The van der Waals surface area contributed by atoms with E-state index in [0.717, 1.165) is 12.5 Å². The Bertz CT molecular complexity index is 871. The van der Waals surface area contributed by atoms with E-state index in [-0.39, 0.29) is 28.9 Å². The quantitative estimate of drug-likeness (QED) is 0.823. The van der Waals surface area contributed by atoms with Crippen LogP contribution in [0.3, 0.4) is 0 Å². The van der Waals surface area contributed by atoms with E-state index in [1.54, 1.807) is 0 Å². The fourth-order valence-electron chi connectivity index (χ4n) is 3.80. The second-order valence-electron chi connectivity index (χ2n) is 7.95. The Balaban J connectivity index is 1.84. The lowest BCUT2D eigenvalue weighted by molar-refractivity contribution is -0.136. The summed E-state index contributed by atoms with van der Waals surface area (Å²) in [6, 6.07) is 2.46.